The standard InChI is InChI=1S/C13H7BrCl2FN3/c14-7-4-10-12(5-9(7)17)20(13(18)19-10)11-2-1-6(15)3-8(11)16/h1-5H,(H2,18,19). The lowest BCUT2D eigenvalue weighted by molar-refractivity contribution is 0.622. The number of hydrogen-bond acceptors (Lipinski definition) is 2. The molecule has 3 aromatic rings. The van der Waals surface area contributed by atoms with Gasteiger partial charge in [0.1, 0.15) is 5.82 Å². The van der Waals surface area contributed by atoms with Crippen LogP contribution in [0.1, 0.15) is 0 Å². The van der Waals surface area contributed by atoms with Gasteiger partial charge in [-0.1, -0.05) is 23.2 Å². The lowest BCUT2D eigenvalue weighted by Gasteiger charge is -2.09. The van der Waals surface area contributed by atoms with Gasteiger partial charge < -0.3 is 5.73 Å². The number of fused-ring (bicyclic) bond motifs is 1. The van der Waals surface area contributed by atoms with Crippen molar-refractivity contribution in [1.82, 2.24) is 9.55 Å². The van der Waals surface area contributed by atoms with E-state index in [4.69, 9.17) is 28.9 Å². The summed E-state index contributed by atoms with van der Waals surface area (Å²) in [5, 5.41) is 0.919. The molecule has 3 nitrogen and oxygen atoms in total. The highest BCUT2D eigenvalue weighted by Crippen LogP contribution is 2.31. The van der Waals surface area contributed by atoms with Gasteiger partial charge >= 0.3 is 0 Å². The number of halogens is 4. The van der Waals surface area contributed by atoms with Crippen LogP contribution in [0, 0.1) is 5.82 Å². The number of benzene rings is 2. The van der Waals surface area contributed by atoms with Crippen LogP contribution in [-0.2, 0) is 0 Å². The third kappa shape index (κ3) is 2.16. The summed E-state index contributed by atoms with van der Waals surface area (Å²) >= 11 is 15.2. The summed E-state index contributed by atoms with van der Waals surface area (Å²) in [4.78, 5) is 4.21. The lowest BCUT2D eigenvalue weighted by Crippen LogP contribution is -2.01. The first-order chi connectivity index (χ1) is 9.47. The van der Waals surface area contributed by atoms with Crippen molar-refractivity contribution in [1.29, 1.82) is 0 Å². The van der Waals surface area contributed by atoms with Crippen molar-refractivity contribution in [2.75, 3.05) is 5.73 Å². The van der Waals surface area contributed by atoms with Gasteiger partial charge in [-0.15, -0.1) is 0 Å². The summed E-state index contributed by atoms with van der Waals surface area (Å²) in [5.74, 6) is -0.176. The third-order valence-corrected chi connectivity index (χ3v) is 4.02. The first kappa shape index (κ1) is 13.7. The Morgan fingerprint density at radius 1 is 1.20 bits per heavy atom. The molecule has 20 heavy (non-hydrogen) atoms. The molecule has 0 fully saturated rings. The number of nitrogens with zero attached hydrogens (tertiary/aromatic N) is 2. The van der Waals surface area contributed by atoms with Crippen LogP contribution in [0.3, 0.4) is 0 Å². The molecule has 0 aliphatic rings. The van der Waals surface area contributed by atoms with Gasteiger partial charge in [-0.25, -0.2) is 9.37 Å². The van der Waals surface area contributed by atoms with Crippen molar-refractivity contribution in [3.05, 3.63) is 50.7 Å². The van der Waals surface area contributed by atoms with E-state index >= 15 is 0 Å². The van der Waals surface area contributed by atoms with Crippen molar-refractivity contribution in [3.8, 4) is 5.69 Å². The molecule has 0 bridgehead atoms. The van der Waals surface area contributed by atoms with Crippen LogP contribution in [-0.4, -0.2) is 9.55 Å². The van der Waals surface area contributed by atoms with Crippen molar-refractivity contribution in [2.45, 2.75) is 0 Å². The van der Waals surface area contributed by atoms with E-state index in [-0.39, 0.29) is 5.95 Å². The summed E-state index contributed by atoms with van der Waals surface area (Å²) in [6.45, 7) is 0. The zero-order valence-corrected chi connectivity index (χ0v) is 13.0. The Balaban J connectivity index is 2.35. The highest BCUT2D eigenvalue weighted by atomic mass is 79.9. The molecule has 0 unspecified atom stereocenters. The number of hydrogen-bond donors (Lipinski definition) is 1. The lowest BCUT2D eigenvalue weighted by atomic mass is 10.2. The Kier molecular flexibility index (Phi) is 3.36. The molecular formula is C13H7BrCl2FN3. The van der Waals surface area contributed by atoms with Gasteiger partial charge in [0.15, 0.2) is 0 Å². The molecule has 1 aromatic heterocycles. The van der Waals surface area contributed by atoms with E-state index in [1.54, 1.807) is 28.8 Å². The van der Waals surface area contributed by atoms with Crippen LogP contribution >= 0.6 is 39.1 Å². The fourth-order valence-electron chi connectivity index (χ4n) is 2.01. The SMILES string of the molecule is Nc1nc2cc(Br)c(F)cc2n1-c1ccc(Cl)cc1Cl. The van der Waals surface area contributed by atoms with Crippen LogP contribution in [0.5, 0.6) is 0 Å². The Hall–Kier alpha value is -1.30. The monoisotopic (exact) mass is 373 g/mol. The summed E-state index contributed by atoms with van der Waals surface area (Å²) in [7, 11) is 0. The minimum Gasteiger partial charge on any atom is -0.369 e. The number of aromatic nitrogens is 2. The van der Waals surface area contributed by atoms with E-state index in [2.05, 4.69) is 20.9 Å². The first-order valence-electron chi connectivity index (χ1n) is 5.56. The predicted molar refractivity (Wildman–Crippen MR) is 83.2 cm³/mol. The second-order valence-electron chi connectivity index (χ2n) is 4.16. The van der Waals surface area contributed by atoms with Crippen molar-refractivity contribution in [3.63, 3.8) is 0 Å². The van der Waals surface area contributed by atoms with E-state index in [1.165, 1.54) is 6.07 Å². The maximum atomic E-state index is 13.7. The molecule has 0 saturated carbocycles. The van der Waals surface area contributed by atoms with Crippen LogP contribution in [0.25, 0.3) is 16.7 Å². The molecule has 0 atom stereocenters. The number of rotatable bonds is 1. The second-order valence-corrected chi connectivity index (χ2v) is 5.85. The molecule has 0 amide bonds. The largest absolute Gasteiger partial charge is 0.369 e. The Labute approximate surface area is 132 Å². The van der Waals surface area contributed by atoms with E-state index in [9.17, 15) is 4.39 Å². The molecule has 0 radical (unpaired) electrons. The zero-order chi connectivity index (χ0) is 14.4. The summed E-state index contributed by atoms with van der Waals surface area (Å²) in [6, 6.07) is 7.92. The van der Waals surface area contributed by atoms with Gasteiger partial charge in [0.2, 0.25) is 5.95 Å². The first-order valence-corrected chi connectivity index (χ1v) is 7.10. The van der Waals surface area contributed by atoms with Gasteiger partial charge in [-0.05, 0) is 40.2 Å². The minimum atomic E-state index is -0.399. The van der Waals surface area contributed by atoms with E-state index < -0.39 is 5.82 Å². The molecule has 0 aliphatic heterocycles. The highest BCUT2D eigenvalue weighted by molar-refractivity contribution is 9.10. The van der Waals surface area contributed by atoms with Crippen molar-refractivity contribution >= 4 is 56.1 Å². The van der Waals surface area contributed by atoms with Gasteiger partial charge in [-0.3, -0.25) is 4.57 Å². The number of nitrogens with two attached hydrogens (primary N) is 1. The maximum Gasteiger partial charge on any atom is 0.205 e. The zero-order valence-electron chi connectivity index (χ0n) is 9.87. The fraction of sp³-hybridized carbons (Fsp3) is 0. The Morgan fingerprint density at radius 2 is 1.95 bits per heavy atom. The quantitative estimate of drug-likeness (QED) is 0.663. The Morgan fingerprint density at radius 3 is 2.65 bits per heavy atom. The summed E-state index contributed by atoms with van der Waals surface area (Å²) < 4.78 is 15.7. The van der Waals surface area contributed by atoms with E-state index in [0.717, 1.165) is 0 Å². The normalized spacial score (nSPS) is 11.2. The predicted octanol–water partition coefficient (Wildman–Crippen LogP) is 4.82. The average Bonchev–Trinajstić information content (AvgIpc) is 2.66. The van der Waals surface area contributed by atoms with Crippen molar-refractivity contribution < 1.29 is 4.39 Å². The average molecular weight is 375 g/mol. The fourth-order valence-corrected chi connectivity index (χ4v) is 2.83. The summed E-state index contributed by atoms with van der Waals surface area (Å²) in [6.07, 6.45) is 0. The van der Waals surface area contributed by atoms with Crippen LogP contribution < -0.4 is 5.73 Å². The third-order valence-electron chi connectivity index (χ3n) is 2.87. The Bertz CT molecular complexity index is 832. The molecule has 0 aliphatic carbocycles. The van der Waals surface area contributed by atoms with Gasteiger partial charge in [-0.2, -0.15) is 0 Å². The summed E-state index contributed by atoms with van der Waals surface area (Å²) in [5.41, 5.74) is 7.62. The molecular weight excluding hydrogens is 368 g/mol. The molecule has 2 aromatic carbocycles. The van der Waals surface area contributed by atoms with Crippen LogP contribution in [0.4, 0.5) is 10.3 Å². The highest BCUT2D eigenvalue weighted by Gasteiger charge is 2.15. The van der Waals surface area contributed by atoms with Crippen LogP contribution in [0.15, 0.2) is 34.8 Å². The number of imidazole rings is 1. The van der Waals surface area contributed by atoms with E-state index in [1.807, 2.05) is 0 Å². The van der Waals surface area contributed by atoms with E-state index in [0.29, 0.717) is 31.2 Å². The van der Waals surface area contributed by atoms with Crippen molar-refractivity contribution in [2.24, 2.45) is 0 Å². The number of nitrogen functional groups attached to an aromatic ring is 1. The number of anilines is 1. The minimum absolute atomic E-state index is 0.224. The topological polar surface area (TPSA) is 43.8 Å². The molecule has 7 heteroatoms. The smallest absolute Gasteiger partial charge is 0.205 e. The van der Waals surface area contributed by atoms with Gasteiger partial charge in [0.25, 0.3) is 0 Å². The molecule has 2 N–H and O–H groups in total. The maximum absolute atomic E-state index is 13.7. The molecule has 0 spiro atoms. The second kappa shape index (κ2) is 4.91. The molecule has 102 valence electrons. The molecule has 3 rings (SSSR count). The van der Waals surface area contributed by atoms with Crippen LogP contribution in [0.2, 0.25) is 10.0 Å². The molecule has 0 saturated heterocycles. The molecule has 1 heterocycles. The van der Waals surface area contributed by atoms with Gasteiger partial charge in [0, 0.05) is 11.1 Å². The van der Waals surface area contributed by atoms with Gasteiger partial charge in [0.05, 0.1) is 26.2 Å².